The second kappa shape index (κ2) is 2.81. The molecule has 0 radical (unpaired) electrons. The van der Waals surface area contributed by atoms with Gasteiger partial charge >= 0.3 is 0 Å². The van der Waals surface area contributed by atoms with Crippen LogP contribution < -0.4 is 5.32 Å². The summed E-state index contributed by atoms with van der Waals surface area (Å²) in [7, 11) is 0. The lowest BCUT2D eigenvalue weighted by Gasteiger charge is -2.38. The van der Waals surface area contributed by atoms with Gasteiger partial charge in [0, 0.05) is 18.5 Å². The summed E-state index contributed by atoms with van der Waals surface area (Å²) in [6.45, 7) is 8.05. The highest BCUT2D eigenvalue weighted by Gasteiger charge is 2.24. The predicted molar refractivity (Wildman–Crippen MR) is 44.1 cm³/mol. The number of rotatable bonds is 0. The van der Waals surface area contributed by atoms with Crippen LogP contribution in [0.15, 0.2) is 0 Å². The van der Waals surface area contributed by atoms with Gasteiger partial charge in [0.25, 0.3) is 0 Å². The first-order chi connectivity index (χ1) is 5.00. The molecule has 1 heterocycles. The van der Waals surface area contributed by atoms with Crippen molar-refractivity contribution in [2.24, 2.45) is 0 Å². The van der Waals surface area contributed by atoms with E-state index in [4.69, 9.17) is 0 Å². The minimum absolute atomic E-state index is 0.172. The van der Waals surface area contributed by atoms with Gasteiger partial charge in [-0.1, -0.05) is 0 Å². The van der Waals surface area contributed by atoms with Crippen molar-refractivity contribution in [3.05, 3.63) is 0 Å². The molecule has 0 bridgehead atoms. The molecule has 0 aliphatic carbocycles. The summed E-state index contributed by atoms with van der Waals surface area (Å²) in [6, 6.07) is 0. The first kappa shape index (κ1) is 8.53. The normalized spacial score (nSPS) is 21.5. The van der Waals surface area contributed by atoms with Crippen molar-refractivity contribution < 1.29 is 4.79 Å². The minimum Gasteiger partial charge on any atom is -0.343 e. The molecular weight excluding hydrogens is 140 g/mol. The van der Waals surface area contributed by atoms with Crippen molar-refractivity contribution in [1.82, 2.24) is 10.2 Å². The first-order valence-corrected chi connectivity index (χ1v) is 4.02. The number of nitrogens with zero attached hydrogens (tertiary/aromatic N) is 1. The van der Waals surface area contributed by atoms with Crippen LogP contribution in [0.5, 0.6) is 0 Å². The van der Waals surface area contributed by atoms with Crippen molar-refractivity contribution in [3.63, 3.8) is 0 Å². The lowest BCUT2D eigenvalue weighted by atomic mass is 10.1. The summed E-state index contributed by atoms with van der Waals surface area (Å²) in [5, 5.41) is 2.83. The lowest BCUT2D eigenvalue weighted by Crippen LogP contribution is -2.52. The van der Waals surface area contributed by atoms with Gasteiger partial charge in [-0.15, -0.1) is 0 Å². The lowest BCUT2D eigenvalue weighted by molar-refractivity contribution is -0.125. The van der Waals surface area contributed by atoms with Gasteiger partial charge in [0.05, 0.1) is 6.67 Å². The van der Waals surface area contributed by atoms with Crippen molar-refractivity contribution in [3.8, 4) is 0 Å². The van der Waals surface area contributed by atoms with Crippen molar-refractivity contribution in [2.45, 2.75) is 32.7 Å². The summed E-state index contributed by atoms with van der Waals surface area (Å²) < 4.78 is 0. The molecule has 0 saturated carbocycles. The van der Waals surface area contributed by atoms with Crippen molar-refractivity contribution in [2.75, 3.05) is 13.2 Å². The molecule has 0 unspecified atom stereocenters. The van der Waals surface area contributed by atoms with Crippen LogP contribution in [0.2, 0.25) is 0 Å². The van der Waals surface area contributed by atoms with Crippen molar-refractivity contribution in [1.29, 1.82) is 0 Å². The molecule has 64 valence electrons. The third-order valence-corrected chi connectivity index (χ3v) is 2.02. The second-order valence-corrected chi connectivity index (χ2v) is 3.94. The zero-order valence-electron chi connectivity index (χ0n) is 7.48. The van der Waals surface area contributed by atoms with Crippen LogP contribution in [0.3, 0.4) is 0 Å². The largest absolute Gasteiger partial charge is 0.343 e. The molecule has 11 heavy (non-hydrogen) atoms. The molecule has 1 fully saturated rings. The molecular formula is C8H16N2O. The van der Waals surface area contributed by atoms with Gasteiger partial charge in [-0.2, -0.15) is 0 Å². The summed E-state index contributed by atoms with van der Waals surface area (Å²) >= 11 is 0. The second-order valence-electron chi connectivity index (χ2n) is 3.94. The maximum Gasteiger partial charge on any atom is 0.222 e. The quantitative estimate of drug-likeness (QED) is 0.556. The average Bonchev–Trinajstić information content (AvgIpc) is 1.86. The molecule has 0 aromatic carbocycles. The Morgan fingerprint density at radius 2 is 2.09 bits per heavy atom. The molecule has 1 rings (SSSR count). The van der Waals surface area contributed by atoms with Gasteiger partial charge in [0.1, 0.15) is 0 Å². The third-order valence-electron chi connectivity index (χ3n) is 2.02. The maximum atomic E-state index is 10.8. The molecule has 1 aliphatic heterocycles. The number of carbonyl (C=O) groups excluding carboxylic acids is 1. The molecule has 0 atom stereocenters. The van der Waals surface area contributed by atoms with E-state index in [9.17, 15) is 4.79 Å². The number of hydrogen-bond donors (Lipinski definition) is 1. The first-order valence-electron chi connectivity index (χ1n) is 4.02. The third kappa shape index (κ3) is 2.19. The van der Waals surface area contributed by atoms with E-state index in [1.54, 1.807) is 0 Å². The van der Waals surface area contributed by atoms with Crippen LogP contribution in [0, 0.1) is 0 Å². The standard InChI is InChI=1S/C8H16N2O/c1-8(2,3)10-5-4-7(11)9-6-10/h4-6H2,1-3H3,(H,9,11). The van der Waals surface area contributed by atoms with E-state index in [1.165, 1.54) is 0 Å². The van der Waals surface area contributed by atoms with E-state index in [0.29, 0.717) is 13.1 Å². The van der Waals surface area contributed by atoms with Gasteiger partial charge in [0.2, 0.25) is 5.91 Å². The molecule has 0 aromatic rings. The minimum atomic E-state index is 0.172. The molecule has 0 aromatic heterocycles. The zero-order valence-corrected chi connectivity index (χ0v) is 7.48. The highest BCUT2D eigenvalue weighted by atomic mass is 16.1. The summed E-state index contributed by atoms with van der Waals surface area (Å²) in [6.07, 6.45) is 0.636. The zero-order chi connectivity index (χ0) is 8.48. The van der Waals surface area contributed by atoms with Gasteiger partial charge in [0.15, 0.2) is 0 Å². The van der Waals surface area contributed by atoms with Crippen molar-refractivity contribution >= 4 is 5.91 Å². The highest BCUT2D eigenvalue weighted by molar-refractivity contribution is 5.76. The van der Waals surface area contributed by atoms with Crippen LogP contribution in [0.25, 0.3) is 0 Å². The Bertz CT molecular complexity index is 150. The number of nitrogens with one attached hydrogen (secondary N) is 1. The van der Waals surface area contributed by atoms with Crippen LogP contribution in [0.4, 0.5) is 0 Å². The summed E-state index contributed by atoms with van der Waals surface area (Å²) in [5.41, 5.74) is 0.174. The molecule has 3 heteroatoms. The SMILES string of the molecule is CC(C)(C)N1CCC(=O)NC1. The van der Waals surface area contributed by atoms with Gasteiger partial charge in [-0.25, -0.2) is 0 Å². The Morgan fingerprint density at radius 1 is 1.45 bits per heavy atom. The van der Waals surface area contributed by atoms with E-state index in [-0.39, 0.29) is 11.4 Å². The van der Waals surface area contributed by atoms with E-state index in [1.807, 2.05) is 0 Å². The Balaban J connectivity index is 2.45. The number of carbonyl (C=O) groups is 1. The van der Waals surface area contributed by atoms with Crippen LogP contribution >= 0.6 is 0 Å². The fraction of sp³-hybridized carbons (Fsp3) is 0.875. The molecule has 1 amide bonds. The monoisotopic (exact) mass is 156 g/mol. The molecule has 3 nitrogen and oxygen atoms in total. The molecule has 1 saturated heterocycles. The molecule has 1 aliphatic rings. The Labute approximate surface area is 67.8 Å². The van der Waals surface area contributed by atoms with Crippen LogP contribution in [0.1, 0.15) is 27.2 Å². The predicted octanol–water partition coefficient (Wildman–Crippen LogP) is 0.564. The topological polar surface area (TPSA) is 32.3 Å². The number of amides is 1. The van der Waals surface area contributed by atoms with E-state index >= 15 is 0 Å². The fourth-order valence-corrected chi connectivity index (χ4v) is 1.16. The van der Waals surface area contributed by atoms with Gasteiger partial charge in [-0.3, -0.25) is 9.69 Å². The Kier molecular flexibility index (Phi) is 2.18. The number of hydrogen-bond acceptors (Lipinski definition) is 2. The average molecular weight is 156 g/mol. The Morgan fingerprint density at radius 3 is 2.45 bits per heavy atom. The van der Waals surface area contributed by atoms with E-state index in [0.717, 1.165) is 6.54 Å². The Hall–Kier alpha value is -0.570. The maximum absolute atomic E-state index is 10.8. The summed E-state index contributed by atoms with van der Waals surface area (Å²) in [4.78, 5) is 13.1. The van der Waals surface area contributed by atoms with Crippen LogP contribution in [-0.2, 0) is 4.79 Å². The van der Waals surface area contributed by atoms with Gasteiger partial charge in [-0.05, 0) is 20.8 Å². The fourth-order valence-electron chi connectivity index (χ4n) is 1.16. The van der Waals surface area contributed by atoms with Gasteiger partial charge < -0.3 is 5.32 Å². The molecule has 0 spiro atoms. The molecule has 1 N–H and O–H groups in total. The highest BCUT2D eigenvalue weighted by Crippen LogP contribution is 2.14. The van der Waals surface area contributed by atoms with E-state index in [2.05, 4.69) is 31.0 Å². The summed E-state index contributed by atoms with van der Waals surface area (Å²) in [5.74, 6) is 0.172. The van der Waals surface area contributed by atoms with Crippen LogP contribution in [-0.4, -0.2) is 29.6 Å². The smallest absolute Gasteiger partial charge is 0.222 e. The van der Waals surface area contributed by atoms with E-state index < -0.39 is 0 Å².